The van der Waals surface area contributed by atoms with E-state index in [2.05, 4.69) is 4.98 Å². The van der Waals surface area contributed by atoms with Crippen LogP contribution in [0.25, 0.3) is 11.0 Å². The molecule has 4 rings (SSSR count). The summed E-state index contributed by atoms with van der Waals surface area (Å²) in [6, 6.07) is 7.98. The van der Waals surface area contributed by atoms with E-state index in [1.165, 1.54) is 12.8 Å². The molecule has 1 aromatic carbocycles. The third kappa shape index (κ3) is 2.69. The minimum atomic E-state index is -0.477. The highest BCUT2D eigenvalue weighted by molar-refractivity contribution is 5.75. The molecule has 0 bridgehead atoms. The molecule has 2 fully saturated rings. The number of amides is 1. The normalized spacial score (nSPS) is 22.7. The molecule has 1 aliphatic heterocycles. The highest BCUT2D eigenvalue weighted by Crippen LogP contribution is 2.58. The number of hydrogen-bond acceptors (Lipinski definition) is 3. The summed E-state index contributed by atoms with van der Waals surface area (Å²) < 4.78 is 5.61. The van der Waals surface area contributed by atoms with Crippen molar-refractivity contribution in [2.24, 2.45) is 5.41 Å². The van der Waals surface area contributed by atoms with Gasteiger partial charge in [0.05, 0.1) is 17.1 Å². The average Bonchev–Trinajstić information content (AvgIpc) is 2.93. The predicted molar refractivity (Wildman–Crippen MR) is 88.1 cm³/mol. The zero-order valence-corrected chi connectivity index (χ0v) is 13.9. The van der Waals surface area contributed by atoms with E-state index in [-0.39, 0.29) is 12.1 Å². The van der Waals surface area contributed by atoms with E-state index in [4.69, 9.17) is 9.72 Å². The summed E-state index contributed by atoms with van der Waals surface area (Å²) in [4.78, 5) is 22.6. The van der Waals surface area contributed by atoms with E-state index < -0.39 is 5.60 Å². The molecule has 5 nitrogen and oxygen atoms in total. The van der Waals surface area contributed by atoms with Crippen molar-refractivity contribution in [3.05, 3.63) is 30.1 Å². The first-order valence-electron chi connectivity index (χ1n) is 8.30. The van der Waals surface area contributed by atoms with E-state index in [9.17, 15) is 4.79 Å². The van der Waals surface area contributed by atoms with Crippen molar-refractivity contribution in [2.75, 3.05) is 6.54 Å². The van der Waals surface area contributed by atoms with Crippen LogP contribution in [0.3, 0.4) is 0 Å². The molecule has 0 unspecified atom stereocenters. The van der Waals surface area contributed by atoms with Crippen LogP contribution in [0.2, 0.25) is 0 Å². The first kappa shape index (κ1) is 14.5. The predicted octanol–water partition coefficient (Wildman–Crippen LogP) is 4.03. The molecule has 0 radical (unpaired) electrons. The number of carbonyl (C=O) groups excluding carboxylic acids is 1. The van der Waals surface area contributed by atoms with Crippen LogP contribution < -0.4 is 0 Å². The summed E-state index contributed by atoms with van der Waals surface area (Å²) in [6.45, 7) is 6.50. The molecular formula is C18H23N3O2. The SMILES string of the molecule is CC(C)(C)OC(=O)N1CC2(CC2)C[C@H]1c1nc2ccccc2[nH]1. The molecular weight excluding hydrogens is 290 g/mol. The molecule has 1 aromatic heterocycles. The minimum absolute atomic E-state index is 0.0141. The maximum atomic E-state index is 12.6. The summed E-state index contributed by atoms with van der Waals surface area (Å²) in [5.74, 6) is 0.876. The minimum Gasteiger partial charge on any atom is -0.444 e. The first-order chi connectivity index (χ1) is 10.9. The molecule has 1 aliphatic carbocycles. The summed E-state index contributed by atoms with van der Waals surface area (Å²) >= 11 is 0. The average molecular weight is 313 g/mol. The summed E-state index contributed by atoms with van der Waals surface area (Å²) in [7, 11) is 0. The maximum Gasteiger partial charge on any atom is 0.410 e. The number of para-hydroxylation sites is 2. The Hall–Kier alpha value is -2.04. The van der Waals surface area contributed by atoms with Gasteiger partial charge in [-0.05, 0) is 57.6 Å². The van der Waals surface area contributed by atoms with Crippen LogP contribution in [0.4, 0.5) is 4.79 Å². The molecule has 23 heavy (non-hydrogen) atoms. The van der Waals surface area contributed by atoms with Gasteiger partial charge in [-0.3, -0.25) is 4.90 Å². The fraction of sp³-hybridized carbons (Fsp3) is 0.556. The lowest BCUT2D eigenvalue weighted by atomic mass is 10.0. The van der Waals surface area contributed by atoms with Gasteiger partial charge in [0.1, 0.15) is 11.4 Å². The number of carbonyl (C=O) groups is 1. The number of imidazole rings is 1. The smallest absolute Gasteiger partial charge is 0.410 e. The Bertz CT molecular complexity index is 722. The molecule has 2 aromatic rings. The number of nitrogens with zero attached hydrogens (tertiary/aromatic N) is 2. The fourth-order valence-corrected chi connectivity index (χ4v) is 3.48. The van der Waals surface area contributed by atoms with Gasteiger partial charge in [-0.25, -0.2) is 9.78 Å². The Morgan fingerprint density at radius 3 is 2.74 bits per heavy atom. The lowest BCUT2D eigenvalue weighted by Gasteiger charge is -2.27. The van der Waals surface area contributed by atoms with Crippen LogP contribution in [0.15, 0.2) is 24.3 Å². The number of likely N-dealkylation sites (tertiary alicyclic amines) is 1. The number of H-pyrrole nitrogens is 1. The lowest BCUT2D eigenvalue weighted by Crippen LogP contribution is -2.37. The zero-order valence-electron chi connectivity index (χ0n) is 13.9. The first-order valence-corrected chi connectivity index (χ1v) is 8.30. The second kappa shape index (κ2) is 4.73. The number of rotatable bonds is 1. The molecule has 1 spiro atoms. The number of benzene rings is 1. The third-order valence-electron chi connectivity index (χ3n) is 4.82. The Labute approximate surface area is 136 Å². The van der Waals surface area contributed by atoms with Crippen LogP contribution in [-0.4, -0.2) is 33.1 Å². The highest BCUT2D eigenvalue weighted by atomic mass is 16.6. The van der Waals surface area contributed by atoms with Crippen molar-refractivity contribution in [2.45, 2.75) is 51.7 Å². The topological polar surface area (TPSA) is 58.2 Å². The quantitative estimate of drug-likeness (QED) is 0.865. The molecule has 1 saturated carbocycles. The maximum absolute atomic E-state index is 12.6. The van der Waals surface area contributed by atoms with Crippen molar-refractivity contribution in [1.82, 2.24) is 14.9 Å². The molecule has 2 aliphatic rings. The number of aromatic nitrogens is 2. The van der Waals surface area contributed by atoms with Gasteiger partial charge in [0.2, 0.25) is 0 Å². The molecule has 1 amide bonds. The van der Waals surface area contributed by atoms with Gasteiger partial charge in [0.25, 0.3) is 0 Å². The molecule has 1 N–H and O–H groups in total. The number of ether oxygens (including phenoxy) is 1. The van der Waals surface area contributed by atoms with Crippen molar-refractivity contribution >= 4 is 17.1 Å². The standard InChI is InChI=1S/C18H23N3O2/c1-17(2,3)23-16(22)21-11-18(8-9-18)10-14(21)15-19-12-6-4-5-7-13(12)20-15/h4-7,14H,8-11H2,1-3H3,(H,19,20)/t14-/m0/s1. The Kier molecular flexibility index (Phi) is 2.99. The van der Waals surface area contributed by atoms with E-state index in [0.29, 0.717) is 5.41 Å². The molecule has 2 heterocycles. The number of fused-ring (bicyclic) bond motifs is 1. The number of nitrogens with one attached hydrogen (secondary N) is 1. The van der Waals surface area contributed by atoms with Gasteiger partial charge in [0.15, 0.2) is 0 Å². The highest BCUT2D eigenvalue weighted by Gasteiger charge is 2.55. The molecule has 1 atom stereocenters. The van der Waals surface area contributed by atoms with Crippen LogP contribution in [-0.2, 0) is 4.74 Å². The molecule has 122 valence electrons. The third-order valence-corrected chi connectivity index (χ3v) is 4.82. The van der Waals surface area contributed by atoms with E-state index in [1.54, 1.807) is 0 Å². The van der Waals surface area contributed by atoms with Crippen molar-refractivity contribution in [1.29, 1.82) is 0 Å². The zero-order chi connectivity index (χ0) is 16.2. The number of aromatic amines is 1. The van der Waals surface area contributed by atoms with Gasteiger partial charge in [-0.15, -0.1) is 0 Å². The van der Waals surface area contributed by atoms with E-state index in [0.717, 1.165) is 29.8 Å². The van der Waals surface area contributed by atoms with E-state index >= 15 is 0 Å². The number of hydrogen-bond donors (Lipinski definition) is 1. The molecule has 1 saturated heterocycles. The second-order valence-corrected chi connectivity index (χ2v) is 7.97. The van der Waals surface area contributed by atoms with Crippen LogP contribution >= 0.6 is 0 Å². The van der Waals surface area contributed by atoms with Crippen molar-refractivity contribution < 1.29 is 9.53 Å². The van der Waals surface area contributed by atoms with Gasteiger partial charge >= 0.3 is 6.09 Å². The van der Waals surface area contributed by atoms with Gasteiger partial charge in [-0.1, -0.05) is 12.1 Å². The fourth-order valence-electron chi connectivity index (χ4n) is 3.48. The van der Waals surface area contributed by atoms with Crippen LogP contribution in [0, 0.1) is 5.41 Å². The Morgan fingerprint density at radius 2 is 2.09 bits per heavy atom. The molecule has 5 heteroatoms. The summed E-state index contributed by atoms with van der Waals surface area (Å²) in [5, 5.41) is 0. The Balaban J connectivity index is 1.65. The summed E-state index contributed by atoms with van der Waals surface area (Å²) in [6.07, 6.45) is 3.14. The van der Waals surface area contributed by atoms with Crippen molar-refractivity contribution in [3.8, 4) is 0 Å². The summed E-state index contributed by atoms with van der Waals surface area (Å²) in [5.41, 5.74) is 1.78. The van der Waals surface area contributed by atoms with Gasteiger partial charge in [-0.2, -0.15) is 0 Å². The Morgan fingerprint density at radius 1 is 1.35 bits per heavy atom. The van der Waals surface area contributed by atoms with Crippen LogP contribution in [0.5, 0.6) is 0 Å². The lowest BCUT2D eigenvalue weighted by molar-refractivity contribution is 0.0212. The second-order valence-electron chi connectivity index (χ2n) is 7.97. The van der Waals surface area contributed by atoms with Crippen LogP contribution in [0.1, 0.15) is 51.9 Å². The van der Waals surface area contributed by atoms with Gasteiger partial charge in [0, 0.05) is 6.54 Å². The van der Waals surface area contributed by atoms with E-state index in [1.807, 2.05) is 49.9 Å². The van der Waals surface area contributed by atoms with Crippen molar-refractivity contribution in [3.63, 3.8) is 0 Å². The monoisotopic (exact) mass is 313 g/mol. The van der Waals surface area contributed by atoms with Gasteiger partial charge < -0.3 is 9.72 Å². The largest absolute Gasteiger partial charge is 0.444 e.